The van der Waals surface area contributed by atoms with Crippen LogP contribution in [0.2, 0.25) is 0 Å². The fourth-order valence-electron chi connectivity index (χ4n) is 3.65. The maximum Gasteiger partial charge on any atom is 0.261 e. The molecular weight excluding hydrogens is 392 g/mol. The smallest absolute Gasteiger partial charge is 0.261 e. The Labute approximate surface area is 174 Å². The number of thiophene rings is 1. The van der Waals surface area contributed by atoms with E-state index in [2.05, 4.69) is 20.6 Å². The molecule has 2 amide bonds. The van der Waals surface area contributed by atoms with Crippen molar-refractivity contribution in [1.29, 1.82) is 0 Å². The molecule has 3 rings (SSSR count). The van der Waals surface area contributed by atoms with Gasteiger partial charge in [0, 0.05) is 26.1 Å². The van der Waals surface area contributed by atoms with E-state index in [9.17, 15) is 9.59 Å². The number of rotatable bonds is 8. The fraction of sp³-hybridized carbons (Fsp3) is 0.600. The molecule has 1 saturated carbocycles. The summed E-state index contributed by atoms with van der Waals surface area (Å²) in [6.07, 6.45) is 5.40. The van der Waals surface area contributed by atoms with Gasteiger partial charge in [-0.15, -0.1) is 11.3 Å². The Hall–Kier alpha value is -2.26. The van der Waals surface area contributed by atoms with Crippen LogP contribution in [0.1, 0.15) is 53.2 Å². The molecule has 0 aliphatic heterocycles. The zero-order chi connectivity index (χ0) is 20.8. The molecule has 0 bridgehead atoms. The van der Waals surface area contributed by atoms with Crippen LogP contribution in [-0.2, 0) is 16.1 Å². The standard InChI is InChI=1S/C20H28N4O4S/c1-12-15-19(28-3)23-14(11-27-2)24-20(15)29-16(12)18(26)22-10-9-21-17(25)13-7-5-4-6-8-13/h13H,4-11H2,1-3H3,(H,21,25)(H,22,26). The number of nitrogens with one attached hydrogen (secondary N) is 2. The number of methoxy groups -OCH3 is 2. The van der Waals surface area contributed by atoms with Crippen molar-refractivity contribution in [3.05, 3.63) is 16.3 Å². The molecule has 1 aliphatic carbocycles. The number of carbonyl (C=O) groups is 2. The van der Waals surface area contributed by atoms with Crippen molar-refractivity contribution < 1.29 is 19.1 Å². The number of aromatic nitrogens is 2. The summed E-state index contributed by atoms with van der Waals surface area (Å²) in [5.74, 6) is 0.983. The van der Waals surface area contributed by atoms with Gasteiger partial charge < -0.3 is 20.1 Å². The van der Waals surface area contributed by atoms with E-state index < -0.39 is 0 Å². The third-order valence-corrected chi connectivity index (χ3v) is 6.35. The molecule has 158 valence electrons. The van der Waals surface area contributed by atoms with E-state index in [4.69, 9.17) is 9.47 Å². The number of fused-ring (bicyclic) bond motifs is 1. The minimum absolute atomic E-state index is 0.0997. The first kappa shape index (κ1) is 21.4. The van der Waals surface area contributed by atoms with Crippen LogP contribution < -0.4 is 15.4 Å². The first-order chi connectivity index (χ1) is 14.0. The highest BCUT2D eigenvalue weighted by Crippen LogP contribution is 2.35. The van der Waals surface area contributed by atoms with Crippen molar-refractivity contribution >= 4 is 33.4 Å². The Morgan fingerprint density at radius 3 is 2.52 bits per heavy atom. The predicted molar refractivity (Wildman–Crippen MR) is 111 cm³/mol. The lowest BCUT2D eigenvalue weighted by Crippen LogP contribution is -2.38. The van der Waals surface area contributed by atoms with E-state index in [-0.39, 0.29) is 24.3 Å². The highest BCUT2D eigenvalue weighted by molar-refractivity contribution is 7.20. The maximum atomic E-state index is 12.7. The Balaban J connectivity index is 1.61. The van der Waals surface area contributed by atoms with Gasteiger partial charge in [-0.25, -0.2) is 4.98 Å². The van der Waals surface area contributed by atoms with Crippen LogP contribution in [0.4, 0.5) is 0 Å². The van der Waals surface area contributed by atoms with E-state index in [0.29, 0.717) is 34.5 Å². The predicted octanol–water partition coefficient (Wildman–Crippen LogP) is 2.58. The van der Waals surface area contributed by atoms with E-state index >= 15 is 0 Å². The zero-order valence-electron chi connectivity index (χ0n) is 17.2. The van der Waals surface area contributed by atoms with Crippen LogP contribution in [0.25, 0.3) is 10.2 Å². The van der Waals surface area contributed by atoms with Gasteiger partial charge in [0.25, 0.3) is 5.91 Å². The van der Waals surface area contributed by atoms with E-state index in [1.54, 1.807) is 14.2 Å². The average molecular weight is 421 g/mol. The lowest BCUT2D eigenvalue weighted by atomic mass is 9.89. The van der Waals surface area contributed by atoms with E-state index in [0.717, 1.165) is 36.6 Å². The molecule has 0 aromatic carbocycles. The second-order valence-electron chi connectivity index (χ2n) is 7.20. The molecule has 0 spiro atoms. The van der Waals surface area contributed by atoms with Crippen molar-refractivity contribution in [1.82, 2.24) is 20.6 Å². The number of aryl methyl sites for hydroxylation is 1. The van der Waals surface area contributed by atoms with Crippen molar-refractivity contribution in [3.63, 3.8) is 0 Å². The van der Waals surface area contributed by atoms with Crippen LogP contribution >= 0.6 is 11.3 Å². The summed E-state index contributed by atoms with van der Waals surface area (Å²) in [7, 11) is 3.12. The summed E-state index contributed by atoms with van der Waals surface area (Å²) in [5, 5.41) is 6.56. The van der Waals surface area contributed by atoms with Gasteiger partial charge in [-0.3, -0.25) is 9.59 Å². The monoisotopic (exact) mass is 420 g/mol. The number of amides is 2. The normalized spacial score (nSPS) is 14.7. The topological polar surface area (TPSA) is 102 Å². The van der Waals surface area contributed by atoms with Crippen molar-refractivity contribution in [3.8, 4) is 5.88 Å². The summed E-state index contributed by atoms with van der Waals surface area (Å²) in [5.41, 5.74) is 0.787. The Bertz CT molecular complexity index is 877. The van der Waals surface area contributed by atoms with Crippen LogP contribution in [0.3, 0.4) is 0 Å². The minimum atomic E-state index is -0.187. The van der Waals surface area contributed by atoms with Crippen LogP contribution in [0.5, 0.6) is 5.88 Å². The van der Waals surface area contributed by atoms with Gasteiger partial charge in [0.2, 0.25) is 11.8 Å². The summed E-state index contributed by atoms with van der Waals surface area (Å²) in [4.78, 5) is 34.9. The Kier molecular flexibility index (Phi) is 7.38. The molecule has 8 nitrogen and oxygen atoms in total. The van der Waals surface area contributed by atoms with Gasteiger partial charge in [0.05, 0.1) is 17.4 Å². The third-order valence-electron chi connectivity index (χ3n) is 5.16. The molecule has 2 aromatic rings. The van der Waals surface area contributed by atoms with Gasteiger partial charge in [-0.05, 0) is 25.3 Å². The Morgan fingerprint density at radius 2 is 1.83 bits per heavy atom. The third kappa shape index (κ3) is 5.02. The van der Waals surface area contributed by atoms with Crippen molar-refractivity contribution in [2.45, 2.75) is 45.6 Å². The summed E-state index contributed by atoms with van der Waals surface area (Å²) in [6, 6.07) is 0. The number of carbonyl (C=O) groups excluding carboxylic acids is 2. The maximum absolute atomic E-state index is 12.7. The summed E-state index contributed by atoms with van der Waals surface area (Å²) in [6.45, 7) is 2.93. The quantitative estimate of drug-likeness (QED) is 0.637. The molecule has 0 radical (unpaired) electrons. The van der Waals surface area contributed by atoms with Crippen LogP contribution in [0, 0.1) is 12.8 Å². The summed E-state index contributed by atoms with van der Waals surface area (Å²) < 4.78 is 10.5. The van der Waals surface area contributed by atoms with Gasteiger partial charge in [0.1, 0.15) is 11.4 Å². The number of hydrogen-bond donors (Lipinski definition) is 2. The van der Waals surface area contributed by atoms with Crippen LogP contribution in [0.15, 0.2) is 0 Å². The molecule has 0 atom stereocenters. The zero-order valence-corrected chi connectivity index (χ0v) is 18.0. The second-order valence-corrected chi connectivity index (χ2v) is 8.20. The molecule has 2 N–H and O–H groups in total. The molecule has 1 aliphatic rings. The molecule has 2 heterocycles. The van der Waals surface area contributed by atoms with Gasteiger partial charge >= 0.3 is 0 Å². The molecule has 0 unspecified atom stereocenters. The van der Waals surface area contributed by atoms with Gasteiger partial charge in [-0.2, -0.15) is 4.98 Å². The highest BCUT2D eigenvalue weighted by atomic mass is 32.1. The van der Waals surface area contributed by atoms with Gasteiger partial charge in [0.15, 0.2) is 5.82 Å². The van der Waals surface area contributed by atoms with E-state index in [1.807, 2.05) is 6.92 Å². The van der Waals surface area contributed by atoms with Crippen molar-refractivity contribution in [2.75, 3.05) is 27.3 Å². The molecule has 0 saturated heterocycles. The minimum Gasteiger partial charge on any atom is -0.480 e. The average Bonchev–Trinajstić information content (AvgIpc) is 3.07. The summed E-state index contributed by atoms with van der Waals surface area (Å²) >= 11 is 1.30. The molecule has 9 heteroatoms. The lowest BCUT2D eigenvalue weighted by Gasteiger charge is -2.20. The first-order valence-corrected chi connectivity index (χ1v) is 10.8. The van der Waals surface area contributed by atoms with Crippen LogP contribution in [-0.4, -0.2) is 49.1 Å². The number of hydrogen-bond acceptors (Lipinski definition) is 7. The lowest BCUT2D eigenvalue weighted by molar-refractivity contribution is -0.125. The van der Waals surface area contributed by atoms with Crippen molar-refractivity contribution in [2.24, 2.45) is 5.92 Å². The first-order valence-electron chi connectivity index (χ1n) is 9.94. The Morgan fingerprint density at radius 1 is 1.10 bits per heavy atom. The molecule has 29 heavy (non-hydrogen) atoms. The number of nitrogens with zero attached hydrogens (tertiary/aromatic N) is 2. The van der Waals surface area contributed by atoms with E-state index in [1.165, 1.54) is 17.8 Å². The molecule has 2 aromatic heterocycles. The molecule has 1 fully saturated rings. The second kappa shape index (κ2) is 9.98. The fourth-order valence-corrected chi connectivity index (χ4v) is 4.76. The number of ether oxygens (including phenoxy) is 2. The molecular formula is C20H28N4O4S. The highest BCUT2D eigenvalue weighted by Gasteiger charge is 2.22. The largest absolute Gasteiger partial charge is 0.480 e. The van der Waals surface area contributed by atoms with Gasteiger partial charge in [-0.1, -0.05) is 19.3 Å². The SMILES string of the molecule is COCc1nc(OC)c2c(C)c(C(=O)NCCNC(=O)C3CCCCC3)sc2n1.